The van der Waals surface area contributed by atoms with Crippen molar-refractivity contribution < 1.29 is 4.74 Å². The van der Waals surface area contributed by atoms with Gasteiger partial charge in [-0.2, -0.15) is 0 Å². The summed E-state index contributed by atoms with van der Waals surface area (Å²) in [6.45, 7) is 2.96. The standard InChI is InChI=1S/C14H22N2O/c1-11-3-5-14(6-4-11)17-10-13-9-12(15-2)7-8-16-13/h7-9,11,14H,3-6,10H2,1-2H3,(H,15,16). The van der Waals surface area contributed by atoms with Gasteiger partial charge in [0, 0.05) is 18.9 Å². The first-order valence-corrected chi connectivity index (χ1v) is 6.52. The summed E-state index contributed by atoms with van der Waals surface area (Å²) in [4.78, 5) is 4.32. The molecule has 1 aliphatic rings. The normalized spacial score (nSPS) is 24.6. The molecule has 17 heavy (non-hydrogen) atoms. The highest BCUT2D eigenvalue weighted by molar-refractivity contribution is 5.42. The van der Waals surface area contributed by atoms with Gasteiger partial charge in [0.1, 0.15) is 0 Å². The molecule has 1 aromatic heterocycles. The lowest BCUT2D eigenvalue weighted by Crippen LogP contribution is -2.20. The van der Waals surface area contributed by atoms with Gasteiger partial charge in [-0.05, 0) is 43.7 Å². The lowest BCUT2D eigenvalue weighted by atomic mass is 9.89. The van der Waals surface area contributed by atoms with Gasteiger partial charge in [-0.15, -0.1) is 0 Å². The maximum atomic E-state index is 5.93. The van der Waals surface area contributed by atoms with Crippen LogP contribution in [-0.2, 0) is 11.3 Å². The zero-order valence-electron chi connectivity index (χ0n) is 10.8. The van der Waals surface area contributed by atoms with E-state index in [0.717, 1.165) is 17.3 Å². The summed E-state index contributed by atoms with van der Waals surface area (Å²) >= 11 is 0. The first-order valence-electron chi connectivity index (χ1n) is 6.52. The smallest absolute Gasteiger partial charge is 0.0892 e. The van der Waals surface area contributed by atoms with Crippen LogP contribution in [0.25, 0.3) is 0 Å². The molecule has 2 rings (SSSR count). The SMILES string of the molecule is CNc1ccnc(COC2CCC(C)CC2)c1. The molecule has 0 bridgehead atoms. The van der Waals surface area contributed by atoms with Gasteiger partial charge in [0.25, 0.3) is 0 Å². The van der Waals surface area contributed by atoms with Crippen molar-refractivity contribution in [2.45, 2.75) is 45.3 Å². The van der Waals surface area contributed by atoms with Gasteiger partial charge >= 0.3 is 0 Å². The van der Waals surface area contributed by atoms with Crippen LogP contribution in [0, 0.1) is 5.92 Å². The molecule has 0 aliphatic heterocycles. The molecule has 1 aromatic rings. The molecule has 1 aliphatic carbocycles. The fourth-order valence-electron chi connectivity index (χ4n) is 2.31. The second kappa shape index (κ2) is 6.01. The van der Waals surface area contributed by atoms with E-state index in [1.165, 1.54) is 25.7 Å². The van der Waals surface area contributed by atoms with Crippen LogP contribution >= 0.6 is 0 Å². The van der Waals surface area contributed by atoms with Gasteiger partial charge in [0.15, 0.2) is 0 Å². The first kappa shape index (κ1) is 12.4. The van der Waals surface area contributed by atoms with Crippen molar-refractivity contribution in [3.05, 3.63) is 24.0 Å². The highest BCUT2D eigenvalue weighted by Gasteiger charge is 2.18. The lowest BCUT2D eigenvalue weighted by molar-refractivity contribution is 0.00730. The van der Waals surface area contributed by atoms with Crippen molar-refractivity contribution in [1.82, 2.24) is 4.98 Å². The summed E-state index contributed by atoms with van der Waals surface area (Å²) in [6.07, 6.45) is 7.27. The molecule has 3 heteroatoms. The highest BCUT2D eigenvalue weighted by atomic mass is 16.5. The largest absolute Gasteiger partial charge is 0.388 e. The van der Waals surface area contributed by atoms with Crippen LogP contribution in [0.4, 0.5) is 5.69 Å². The summed E-state index contributed by atoms with van der Waals surface area (Å²) in [5, 5.41) is 3.12. The number of hydrogen-bond acceptors (Lipinski definition) is 3. The summed E-state index contributed by atoms with van der Waals surface area (Å²) in [5.74, 6) is 0.876. The Morgan fingerprint density at radius 3 is 2.82 bits per heavy atom. The summed E-state index contributed by atoms with van der Waals surface area (Å²) in [7, 11) is 1.92. The minimum Gasteiger partial charge on any atom is -0.388 e. The Balaban J connectivity index is 1.81. The van der Waals surface area contributed by atoms with Crippen molar-refractivity contribution in [3.8, 4) is 0 Å². The molecule has 0 spiro atoms. The Hall–Kier alpha value is -1.09. The van der Waals surface area contributed by atoms with Crippen molar-refractivity contribution in [1.29, 1.82) is 0 Å². The quantitative estimate of drug-likeness (QED) is 0.868. The van der Waals surface area contributed by atoms with E-state index >= 15 is 0 Å². The Morgan fingerprint density at radius 2 is 2.12 bits per heavy atom. The summed E-state index contributed by atoms with van der Waals surface area (Å²) in [6, 6.07) is 4.01. The maximum absolute atomic E-state index is 5.93. The Kier molecular flexibility index (Phi) is 4.37. The van der Waals surface area contributed by atoms with E-state index in [4.69, 9.17) is 4.74 Å². The molecule has 1 fully saturated rings. The molecular formula is C14H22N2O. The van der Waals surface area contributed by atoms with Crippen molar-refractivity contribution in [3.63, 3.8) is 0 Å². The number of anilines is 1. The summed E-state index contributed by atoms with van der Waals surface area (Å²) in [5.41, 5.74) is 2.10. The zero-order valence-corrected chi connectivity index (χ0v) is 10.8. The Morgan fingerprint density at radius 1 is 1.35 bits per heavy atom. The minimum atomic E-state index is 0.436. The second-order valence-electron chi connectivity index (χ2n) is 4.98. The number of nitrogens with one attached hydrogen (secondary N) is 1. The molecule has 3 nitrogen and oxygen atoms in total. The number of nitrogens with zero attached hydrogens (tertiary/aromatic N) is 1. The number of rotatable bonds is 4. The van der Waals surface area contributed by atoms with Gasteiger partial charge in [-0.3, -0.25) is 4.98 Å². The van der Waals surface area contributed by atoms with Crippen LogP contribution in [0.3, 0.4) is 0 Å². The highest BCUT2D eigenvalue weighted by Crippen LogP contribution is 2.26. The number of pyridine rings is 1. The zero-order chi connectivity index (χ0) is 12.1. The third kappa shape index (κ3) is 3.70. The van der Waals surface area contributed by atoms with E-state index in [-0.39, 0.29) is 0 Å². The topological polar surface area (TPSA) is 34.2 Å². The van der Waals surface area contributed by atoms with E-state index in [0.29, 0.717) is 12.7 Å². The van der Waals surface area contributed by atoms with Crippen LogP contribution in [-0.4, -0.2) is 18.1 Å². The van der Waals surface area contributed by atoms with Gasteiger partial charge < -0.3 is 10.1 Å². The molecule has 0 radical (unpaired) electrons. The van der Waals surface area contributed by atoms with Crippen molar-refractivity contribution in [2.24, 2.45) is 5.92 Å². The van der Waals surface area contributed by atoms with Gasteiger partial charge in [-0.1, -0.05) is 6.92 Å². The van der Waals surface area contributed by atoms with E-state index < -0.39 is 0 Å². The van der Waals surface area contributed by atoms with E-state index in [1.54, 1.807) is 0 Å². The molecule has 0 unspecified atom stereocenters. The lowest BCUT2D eigenvalue weighted by Gasteiger charge is -2.26. The number of ether oxygens (including phenoxy) is 1. The third-order valence-electron chi connectivity index (χ3n) is 3.54. The fourth-order valence-corrected chi connectivity index (χ4v) is 2.31. The Labute approximate surface area is 104 Å². The predicted octanol–water partition coefficient (Wildman–Crippen LogP) is 3.22. The van der Waals surface area contributed by atoms with Gasteiger partial charge in [-0.25, -0.2) is 0 Å². The second-order valence-corrected chi connectivity index (χ2v) is 4.98. The van der Waals surface area contributed by atoms with Gasteiger partial charge in [0.2, 0.25) is 0 Å². The molecule has 94 valence electrons. The fraction of sp³-hybridized carbons (Fsp3) is 0.643. The maximum Gasteiger partial charge on any atom is 0.0892 e. The summed E-state index contributed by atoms with van der Waals surface area (Å²) < 4.78 is 5.93. The van der Waals surface area contributed by atoms with E-state index in [2.05, 4.69) is 17.2 Å². The molecule has 0 aromatic carbocycles. The molecule has 0 saturated heterocycles. The van der Waals surface area contributed by atoms with E-state index in [9.17, 15) is 0 Å². The average molecular weight is 234 g/mol. The Bertz CT molecular complexity index is 346. The van der Waals surface area contributed by atoms with Crippen LogP contribution in [0.1, 0.15) is 38.3 Å². The molecular weight excluding hydrogens is 212 g/mol. The van der Waals surface area contributed by atoms with E-state index in [1.807, 2.05) is 25.4 Å². The molecule has 1 heterocycles. The van der Waals surface area contributed by atoms with Gasteiger partial charge in [0.05, 0.1) is 18.4 Å². The van der Waals surface area contributed by atoms with Crippen LogP contribution in [0.15, 0.2) is 18.3 Å². The van der Waals surface area contributed by atoms with Crippen LogP contribution in [0.5, 0.6) is 0 Å². The predicted molar refractivity (Wildman–Crippen MR) is 70.0 cm³/mol. The molecule has 1 N–H and O–H groups in total. The number of aromatic nitrogens is 1. The first-order chi connectivity index (χ1) is 8.28. The van der Waals surface area contributed by atoms with Crippen molar-refractivity contribution >= 4 is 5.69 Å². The minimum absolute atomic E-state index is 0.436. The van der Waals surface area contributed by atoms with Crippen LogP contribution < -0.4 is 5.32 Å². The number of hydrogen-bond donors (Lipinski definition) is 1. The molecule has 1 saturated carbocycles. The van der Waals surface area contributed by atoms with Crippen molar-refractivity contribution in [2.75, 3.05) is 12.4 Å². The third-order valence-corrected chi connectivity index (χ3v) is 3.54. The molecule has 0 amide bonds. The molecule has 0 atom stereocenters. The average Bonchev–Trinajstić information content (AvgIpc) is 2.38. The van der Waals surface area contributed by atoms with Crippen LogP contribution in [0.2, 0.25) is 0 Å². The monoisotopic (exact) mass is 234 g/mol.